The molecule has 0 radical (unpaired) electrons. The minimum Gasteiger partial charge on any atom is -0.481 e. The summed E-state index contributed by atoms with van der Waals surface area (Å²) in [4.78, 5) is 23.6. The zero-order valence-corrected chi connectivity index (χ0v) is 12.8. The topological polar surface area (TPSA) is 79.5 Å². The van der Waals surface area contributed by atoms with Crippen LogP contribution >= 0.6 is 11.6 Å². The van der Waals surface area contributed by atoms with Crippen molar-refractivity contribution in [1.82, 2.24) is 5.32 Å². The van der Waals surface area contributed by atoms with Crippen LogP contribution in [-0.4, -0.2) is 23.0 Å². The first-order valence-corrected chi connectivity index (χ1v) is 7.58. The van der Waals surface area contributed by atoms with Gasteiger partial charge in [0.15, 0.2) is 11.3 Å². The Morgan fingerprint density at radius 3 is 2.82 bits per heavy atom. The van der Waals surface area contributed by atoms with Crippen molar-refractivity contribution in [1.29, 1.82) is 0 Å². The number of hydrogen-bond acceptors (Lipinski definition) is 3. The monoisotopic (exact) mass is 321 g/mol. The Hall–Kier alpha value is -2.01. The third-order valence-electron chi connectivity index (χ3n) is 4.27. The molecule has 5 nitrogen and oxygen atoms in total. The number of carbonyl (C=O) groups excluding carboxylic acids is 1. The van der Waals surface area contributed by atoms with E-state index in [1.54, 1.807) is 19.1 Å². The molecule has 2 atom stereocenters. The number of aryl methyl sites for hydroxylation is 1. The number of halogens is 1. The average Bonchev–Trinajstić information content (AvgIpc) is 3.05. The Labute approximate surface area is 132 Å². The van der Waals surface area contributed by atoms with Gasteiger partial charge in [-0.3, -0.25) is 9.59 Å². The quantitative estimate of drug-likeness (QED) is 0.908. The molecule has 1 aromatic heterocycles. The molecule has 0 unspecified atom stereocenters. The molecule has 1 aliphatic rings. The number of hydrogen-bond donors (Lipinski definition) is 2. The summed E-state index contributed by atoms with van der Waals surface area (Å²) >= 11 is 6.08. The van der Waals surface area contributed by atoms with Crippen LogP contribution < -0.4 is 5.32 Å². The standard InChI is InChI=1S/C16H16ClNO4/c1-8-9-4-2-6-11(17)14(9)22-13(8)15(19)18-12-7-3-5-10(12)16(20)21/h2,4,6,10,12H,3,5,7H2,1H3,(H,18,19)(H,20,21)/t10-,12+/m0/s1. The highest BCUT2D eigenvalue weighted by Gasteiger charge is 2.35. The van der Waals surface area contributed by atoms with Crippen molar-refractivity contribution in [2.24, 2.45) is 5.92 Å². The lowest BCUT2D eigenvalue weighted by Crippen LogP contribution is -2.40. The number of para-hydroxylation sites is 1. The SMILES string of the molecule is Cc1c(C(=O)N[C@@H]2CCC[C@@H]2C(=O)O)oc2c(Cl)cccc12. The maximum Gasteiger partial charge on any atom is 0.308 e. The van der Waals surface area contributed by atoms with Crippen LogP contribution in [0.4, 0.5) is 0 Å². The van der Waals surface area contributed by atoms with Crippen molar-refractivity contribution in [2.45, 2.75) is 32.2 Å². The van der Waals surface area contributed by atoms with Gasteiger partial charge >= 0.3 is 5.97 Å². The maximum absolute atomic E-state index is 12.4. The Kier molecular flexibility index (Phi) is 3.83. The molecule has 22 heavy (non-hydrogen) atoms. The largest absolute Gasteiger partial charge is 0.481 e. The van der Waals surface area contributed by atoms with E-state index in [1.807, 2.05) is 6.07 Å². The fraction of sp³-hybridized carbons (Fsp3) is 0.375. The van der Waals surface area contributed by atoms with E-state index in [0.29, 0.717) is 29.0 Å². The molecule has 2 aromatic rings. The van der Waals surface area contributed by atoms with Crippen LogP contribution in [0, 0.1) is 12.8 Å². The third kappa shape index (κ3) is 2.46. The summed E-state index contributed by atoms with van der Waals surface area (Å²) in [6.07, 6.45) is 2.06. The van der Waals surface area contributed by atoms with E-state index in [9.17, 15) is 14.7 Å². The van der Waals surface area contributed by atoms with E-state index in [-0.39, 0.29) is 17.7 Å². The summed E-state index contributed by atoms with van der Waals surface area (Å²) < 4.78 is 5.61. The lowest BCUT2D eigenvalue weighted by Gasteiger charge is -2.16. The van der Waals surface area contributed by atoms with Gasteiger partial charge in [-0.1, -0.05) is 30.2 Å². The number of amides is 1. The smallest absolute Gasteiger partial charge is 0.308 e. The van der Waals surface area contributed by atoms with Crippen molar-refractivity contribution in [3.8, 4) is 0 Å². The summed E-state index contributed by atoms with van der Waals surface area (Å²) in [5.74, 6) is -1.59. The molecule has 1 saturated carbocycles. The Morgan fingerprint density at radius 2 is 2.14 bits per heavy atom. The number of fused-ring (bicyclic) bond motifs is 1. The van der Waals surface area contributed by atoms with Crippen LogP contribution in [0.25, 0.3) is 11.0 Å². The number of carbonyl (C=O) groups is 2. The van der Waals surface area contributed by atoms with Crippen LogP contribution in [0.2, 0.25) is 5.02 Å². The molecule has 1 aromatic carbocycles. The normalized spacial score (nSPS) is 21.2. The van der Waals surface area contributed by atoms with Gasteiger partial charge in [-0.15, -0.1) is 0 Å². The molecule has 0 spiro atoms. The van der Waals surface area contributed by atoms with E-state index in [4.69, 9.17) is 16.0 Å². The number of furan rings is 1. The molecule has 1 fully saturated rings. The van der Waals surface area contributed by atoms with Crippen molar-refractivity contribution in [3.05, 3.63) is 34.5 Å². The number of carboxylic acid groups (broad SMARTS) is 1. The predicted molar refractivity (Wildman–Crippen MR) is 82.2 cm³/mol. The number of rotatable bonds is 3. The zero-order valence-electron chi connectivity index (χ0n) is 12.1. The molecule has 0 aliphatic heterocycles. The predicted octanol–water partition coefficient (Wildman–Crippen LogP) is 3.38. The fourth-order valence-electron chi connectivity index (χ4n) is 3.09. The summed E-state index contributed by atoms with van der Waals surface area (Å²) in [5, 5.41) is 13.2. The first-order valence-electron chi connectivity index (χ1n) is 7.20. The number of nitrogens with one attached hydrogen (secondary N) is 1. The molecule has 0 saturated heterocycles. The minimum absolute atomic E-state index is 0.194. The molecule has 6 heteroatoms. The molecule has 2 N–H and O–H groups in total. The first kappa shape index (κ1) is 14.9. The maximum atomic E-state index is 12.4. The summed E-state index contributed by atoms with van der Waals surface area (Å²) in [6, 6.07) is 4.98. The van der Waals surface area contributed by atoms with Crippen molar-refractivity contribution in [3.63, 3.8) is 0 Å². The van der Waals surface area contributed by atoms with E-state index in [1.165, 1.54) is 0 Å². The van der Waals surface area contributed by atoms with Gasteiger partial charge in [-0.25, -0.2) is 0 Å². The highest BCUT2D eigenvalue weighted by molar-refractivity contribution is 6.35. The highest BCUT2D eigenvalue weighted by atomic mass is 35.5. The molecule has 116 valence electrons. The van der Waals surface area contributed by atoms with Crippen LogP contribution in [-0.2, 0) is 4.79 Å². The van der Waals surface area contributed by atoms with Gasteiger partial charge in [0.1, 0.15) is 0 Å². The van der Waals surface area contributed by atoms with E-state index in [2.05, 4.69) is 5.32 Å². The van der Waals surface area contributed by atoms with Gasteiger partial charge in [-0.2, -0.15) is 0 Å². The second kappa shape index (κ2) is 5.65. The first-order chi connectivity index (χ1) is 10.5. The second-order valence-electron chi connectivity index (χ2n) is 5.63. The lowest BCUT2D eigenvalue weighted by atomic mass is 10.0. The summed E-state index contributed by atoms with van der Waals surface area (Å²) in [6.45, 7) is 1.79. The molecule has 1 heterocycles. The van der Waals surface area contributed by atoms with Crippen molar-refractivity contribution < 1.29 is 19.1 Å². The molecule has 0 bridgehead atoms. The lowest BCUT2D eigenvalue weighted by molar-refractivity contribution is -0.142. The number of benzene rings is 1. The molecule has 3 rings (SSSR count). The van der Waals surface area contributed by atoms with E-state index >= 15 is 0 Å². The van der Waals surface area contributed by atoms with Crippen molar-refractivity contribution >= 4 is 34.4 Å². The van der Waals surface area contributed by atoms with Gasteiger partial charge in [0.25, 0.3) is 5.91 Å². The summed E-state index contributed by atoms with van der Waals surface area (Å²) in [5.41, 5.74) is 1.19. The molecule has 1 amide bonds. The van der Waals surface area contributed by atoms with E-state index in [0.717, 1.165) is 11.8 Å². The number of aliphatic carboxylic acids is 1. The third-order valence-corrected chi connectivity index (χ3v) is 4.57. The fourth-order valence-corrected chi connectivity index (χ4v) is 3.30. The molecular formula is C16H16ClNO4. The van der Waals surface area contributed by atoms with Crippen molar-refractivity contribution in [2.75, 3.05) is 0 Å². The van der Waals surface area contributed by atoms with Gasteiger partial charge in [-0.05, 0) is 25.8 Å². The van der Waals surface area contributed by atoms with Crippen LogP contribution in [0.5, 0.6) is 0 Å². The highest BCUT2D eigenvalue weighted by Crippen LogP contribution is 2.31. The van der Waals surface area contributed by atoms with Gasteiger partial charge in [0, 0.05) is 17.0 Å². The Morgan fingerprint density at radius 1 is 1.36 bits per heavy atom. The van der Waals surface area contributed by atoms with Crippen LogP contribution in [0.15, 0.2) is 22.6 Å². The summed E-state index contributed by atoms with van der Waals surface area (Å²) in [7, 11) is 0. The molecule has 1 aliphatic carbocycles. The second-order valence-corrected chi connectivity index (χ2v) is 6.04. The number of carboxylic acids is 1. The van der Waals surface area contributed by atoms with Crippen LogP contribution in [0.1, 0.15) is 35.4 Å². The van der Waals surface area contributed by atoms with Gasteiger partial charge in [0.2, 0.25) is 0 Å². The zero-order chi connectivity index (χ0) is 15.9. The molecular weight excluding hydrogens is 306 g/mol. The van der Waals surface area contributed by atoms with Crippen LogP contribution in [0.3, 0.4) is 0 Å². The average molecular weight is 322 g/mol. The Balaban J connectivity index is 1.88. The van der Waals surface area contributed by atoms with Gasteiger partial charge < -0.3 is 14.8 Å². The van der Waals surface area contributed by atoms with E-state index < -0.39 is 11.9 Å². The Bertz CT molecular complexity index is 752. The van der Waals surface area contributed by atoms with Gasteiger partial charge in [0.05, 0.1) is 10.9 Å². The minimum atomic E-state index is -0.868.